The van der Waals surface area contributed by atoms with Gasteiger partial charge < -0.3 is 15.0 Å². The van der Waals surface area contributed by atoms with Gasteiger partial charge in [-0.1, -0.05) is 60.7 Å². The molecule has 4 rings (SSSR count). The number of nitrogens with zero attached hydrogens (tertiary/aromatic N) is 3. The van der Waals surface area contributed by atoms with Crippen LogP contribution in [0.25, 0.3) is 11.4 Å². The minimum Gasteiger partial charge on any atom is -0.395 e. The summed E-state index contributed by atoms with van der Waals surface area (Å²) in [5, 5.41) is 12.4. The number of carbonyl (C=O) groups is 1. The van der Waals surface area contributed by atoms with Gasteiger partial charge in [-0.15, -0.1) is 0 Å². The van der Waals surface area contributed by atoms with Gasteiger partial charge >= 0.3 is 0 Å². The Kier molecular flexibility index (Phi) is 5.74. The highest BCUT2D eigenvalue weighted by Crippen LogP contribution is 2.27. The molecule has 0 saturated heterocycles. The third-order valence-corrected chi connectivity index (χ3v) is 5.40. The second kappa shape index (κ2) is 8.59. The number of rotatable bonds is 6. The number of aromatic nitrogens is 2. The Balaban J connectivity index is 1.67. The van der Waals surface area contributed by atoms with Crippen molar-refractivity contribution in [1.82, 2.24) is 19.8 Å². The summed E-state index contributed by atoms with van der Waals surface area (Å²) in [6, 6.07) is 19.8. The predicted molar refractivity (Wildman–Crippen MR) is 112 cm³/mol. The molecular formula is C23H26N4O2. The predicted octanol–water partition coefficient (Wildman–Crippen LogP) is 2.85. The first-order valence-corrected chi connectivity index (χ1v) is 10.0. The molecular weight excluding hydrogens is 364 g/mol. The Morgan fingerprint density at radius 1 is 1.10 bits per heavy atom. The number of fused-ring (bicyclic) bond motifs is 1. The number of aliphatic hydroxyl groups excluding tert-OH is 1. The van der Waals surface area contributed by atoms with Crippen LogP contribution in [0.4, 0.5) is 0 Å². The van der Waals surface area contributed by atoms with Crippen LogP contribution in [0.2, 0.25) is 0 Å². The number of β-amino-alcohol motifs (C(OH)–C–C–N with tert-alkyl or cyclic N) is 1. The van der Waals surface area contributed by atoms with E-state index < -0.39 is 0 Å². The maximum absolute atomic E-state index is 13.2. The highest BCUT2D eigenvalue weighted by molar-refractivity contribution is 5.94. The highest BCUT2D eigenvalue weighted by atomic mass is 16.3. The number of carbonyl (C=O) groups excluding carboxylic acids is 1. The summed E-state index contributed by atoms with van der Waals surface area (Å²) >= 11 is 0. The number of benzene rings is 2. The van der Waals surface area contributed by atoms with Gasteiger partial charge in [0.1, 0.15) is 5.82 Å². The zero-order valence-electron chi connectivity index (χ0n) is 16.6. The average molecular weight is 390 g/mol. The van der Waals surface area contributed by atoms with Crippen molar-refractivity contribution in [2.45, 2.75) is 26.1 Å². The van der Waals surface area contributed by atoms with E-state index in [0.717, 1.165) is 35.7 Å². The summed E-state index contributed by atoms with van der Waals surface area (Å²) in [5.41, 5.74) is 3.43. The molecule has 150 valence electrons. The lowest BCUT2D eigenvalue weighted by Gasteiger charge is -2.28. The number of amides is 1. The summed E-state index contributed by atoms with van der Waals surface area (Å²) in [7, 11) is 0. The molecule has 6 heteroatoms. The van der Waals surface area contributed by atoms with E-state index in [-0.39, 0.29) is 18.6 Å². The van der Waals surface area contributed by atoms with Gasteiger partial charge in [0.05, 0.1) is 18.3 Å². The summed E-state index contributed by atoms with van der Waals surface area (Å²) in [5.74, 6) is 0.653. The van der Waals surface area contributed by atoms with Crippen LogP contribution in [-0.4, -0.2) is 45.2 Å². The average Bonchev–Trinajstić information content (AvgIpc) is 3.14. The molecule has 0 aliphatic carbocycles. The molecule has 1 amide bonds. The normalized spacial score (nSPS) is 15.0. The Morgan fingerprint density at radius 2 is 1.79 bits per heavy atom. The molecule has 2 N–H and O–H groups in total. The van der Waals surface area contributed by atoms with E-state index in [4.69, 9.17) is 4.98 Å². The highest BCUT2D eigenvalue weighted by Gasteiger charge is 2.28. The minimum absolute atomic E-state index is 0.103. The standard InChI is InChI=1S/C23H26N4O2/c1-17(18-8-4-2-5-9-18)24-23(29)21-20-16-26(14-15-28)12-13-27(20)22(25-21)19-10-6-3-7-11-19/h2-11,17,28H,12-16H2,1H3,(H,24,29). The molecule has 0 bridgehead atoms. The van der Waals surface area contributed by atoms with Crippen molar-refractivity contribution in [2.24, 2.45) is 0 Å². The molecule has 1 unspecified atom stereocenters. The van der Waals surface area contributed by atoms with Gasteiger partial charge in [-0.05, 0) is 12.5 Å². The Morgan fingerprint density at radius 3 is 2.48 bits per heavy atom. The van der Waals surface area contributed by atoms with Crippen molar-refractivity contribution in [3.63, 3.8) is 0 Å². The number of hydrogen-bond acceptors (Lipinski definition) is 4. The Bertz CT molecular complexity index is 969. The third-order valence-electron chi connectivity index (χ3n) is 5.40. The summed E-state index contributed by atoms with van der Waals surface area (Å²) in [6.45, 7) is 4.84. The maximum atomic E-state index is 13.2. The van der Waals surface area contributed by atoms with Gasteiger partial charge in [0.15, 0.2) is 5.69 Å². The van der Waals surface area contributed by atoms with E-state index in [1.807, 2.05) is 67.6 Å². The van der Waals surface area contributed by atoms with Crippen LogP contribution in [0.3, 0.4) is 0 Å². The van der Waals surface area contributed by atoms with Crippen LogP contribution >= 0.6 is 0 Å². The van der Waals surface area contributed by atoms with Crippen LogP contribution in [-0.2, 0) is 13.1 Å². The fraction of sp³-hybridized carbons (Fsp3) is 0.304. The quantitative estimate of drug-likeness (QED) is 0.679. The first-order valence-electron chi connectivity index (χ1n) is 10.0. The largest absolute Gasteiger partial charge is 0.395 e. The van der Waals surface area contributed by atoms with Gasteiger partial charge in [0.2, 0.25) is 0 Å². The van der Waals surface area contributed by atoms with Crippen molar-refractivity contribution in [1.29, 1.82) is 0 Å². The minimum atomic E-state index is -0.168. The van der Waals surface area contributed by atoms with Crippen LogP contribution in [0.15, 0.2) is 60.7 Å². The summed E-state index contributed by atoms with van der Waals surface area (Å²) < 4.78 is 2.14. The van der Waals surface area contributed by atoms with E-state index in [9.17, 15) is 9.90 Å². The van der Waals surface area contributed by atoms with E-state index in [2.05, 4.69) is 14.8 Å². The fourth-order valence-electron chi connectivity index (χ4n) is 3.83. The smallest absolute Gasteiger partial charge is 0.272 e. The number of aliphatic hydroxyl groups is 1. The van der Waals surface area contributed by atoms with Crippen LogP contribution in [0.1, 0.15) is 34.7 Å². The number of imidazole rings is 1. The van der Waals surface area contributed by atoms with Crippen molar-refractivity contribution in [3.05, 3.63) is 77.6 Å². The molecule has 1 aliphatic heterocycles. The number of hydrogen-bond donors (Lipinski definition) is 2. The third kappa shape index (κ3) is 4.09. The molecule has 0 spiro atoms. The first kappa shape index (κ1) is 19.4. The van der Waals surface area contributed by atoms with E-state index in [0.29, 0.717) is 18.8 Å². The first-order chi connectivity index (χ1) is 14.2. The van der Waals surface area contributed by atoms with Crippen molar-refractivity contribution in [3.8, 4) is 11.4 Å². The SMILES string of the molecule is CC(NC(=O)c1nc(-c2ccccc2)n2c1CN(CCO)CC2)c1ccccc1. The van der Waals surface area contributed by atoms with Crippen LogP contribution in [0, 0.1) is 0 Å². The second-order valence-electron chi connectivity index (χ2n) is 7.35. The van der Waals surface area contributed by atoms with Gasteiger partial charge in [-0.2, -0.15) is 0 Å². The Hall–Kier alpha value is -2.96. The summed E-state index contributed by atoms with van der Waals surface area (Å²) in [4.78, 5) is 20.1. The fourth-order valence-corrected chi connectivity index (χ4v) is 3.83. The molecule has 1 aliphatic rings. The maximum Gasteiger partial charge on any atom is 0.272 e. The van der Waals surface area contributed by atoms with E-state index in [1.54, 1.807) is 0 Å². The lowest BCUT2D eigenvalue weighted by Crippen LogP contribution is -2.37. The zero-order chi connectivity index (χ0) is 20.2. The van der Waals surface area contributed by atoms with Gasteiger partial charge in [-0.25, -0.2) is 4.98 Å². The van der Waals surface area contributed by atoms with Gasteiger partial charge in [0.25, 0.3) is 5.91 Å². The van der Waals surface area contributed by atoms with Crippen molar-refractivity contribution in [2.75, 3.05) is 19.7 Å². The molecule has 2 heterocycles. The molecule has 0 saturated carbocycles. The van der Waals surface area contributed by atoms with Gasteiger partial charge in [-0.3, -0.25) is 9.69 Å². The molecule has 6 nitrogen and oxygen atoms in total. The topological polar surface area (TPSA) is 70.4 Å². The van der Waals surface area contributed by atoms with Gasteiger partial charge in [0, 0.05) is 31.7 Å². The van der Waals surface area contributed by atoms with Crippen LogP contribution < -0.4 is 5.32 Å². The molecule has 0 radical (unpaired) electrons. The van der Waals surface area contributed by atoms with E-state index >= 15 is 0 Å². The zero-order valence-corrected chi connectivity index (χ0v) is 16.6. The number of nitrogens with one attached hydrogen (secondary N) is 1. The van der Waals surface area contributed by atoms with Crippen LogP contribution in [0.5, 0.6) is 0 Å². The lowest BCUT2D eigenvalue weighted by atomic mass is 10.1. The molecule has 29 heavy (non-hydrogen) atoms. The lowest BCUT2D eigenvalue weighted by molar-refractivity contribution is 0.0931. The Labute approximate surface area is 170 Å². The monoisotopic (exact) mass is 390 g/mol. The molecule has 0 fully saturated rings. The molecule has 1 aromatic heterocycles. The molecule has 1 atom stereocenters. The second-order valence-corrected chi connectivity index (χ2v) is 7.35. The van der Waals surface area contributed by atoms with Crippen molar-refractivity contribution < 1.29 is 9.90 Å². The molecule has 3 aromatic rings. The summed E-state index contributed by atoms with van der Waals surface area (Å²) in [6.07, 6.45) is 0. The van der Waals surface area contributed by atoms with E-state index in [1.165, 1.54) is 0 Å². The molecule has 2 aromatic carbocycles. The van der Waals surface area contributed by atoms with Crippen molar-refractivity contribution >= 4 is 5.91 Å².